The zero-order valence-electron chi connectivity index (χ0n) is 36.8. The van der Waals surface area contributed by atoms with Crippen LogP contribution in [0.5, 0.6) is 0 Å². The standard InChI is InChI=1S/C45H72O16/c1-40(2)14-15-45(39(54)55)22(16-40)21-8-9-27-42(5)12-11-29(41(3,4)26(42)10-13-43(27,6)44(21,7)17-28(45)49)59-37-34(31(51)24(47)19-57-37)61-38-35(32(52)25(48)20-58-38)60-36-33(53)30(50)23(46)18-56-36/h8,22-38,46-53H,9-20H2,1-7H3,(H,54,55)/t22-,23-,24-,25-,26?,27?,28+,29-,30-,31-,32-,33+,34+,35+,36-,37-,38-,42-,43+,44+,45+/m0/s1. The van der Waals surface area contributed by atoms with Gasteiger partial charge in [0.2, 0.25) is 0 Å². The average molecular weight is 869 g/mol. The van der Waals surface area contributed by atoms with Crippen molar-refractivity contribution in [2.24, 2.45) is 50.2 Å². The van der Waals surface area contributed by atoms with Gasteiger partial charge < -0.3 is 74.4 Å². The van der Waals surface area contributed by atoms with Crippen LogP contribution in [0.4, 0.5) is 0 Å². The second kappa shape index (κ2) is 15.9. The molecular formula is C45H72O16. The van der Waals surface area contributed by atoms with Gasteiger partial charge in [-0.3, -0.25) is 4.79 Å². The number of allylic oxidation sites excluding steroid dienone is 2. The molecule has 0 aromatic heterocycles. The summed E-state index contributed by atoms with van der Waals surface area (Å²) in [6.07, 6.45) is -10.1. The Bertz CT molecular complexity index is 1670. The third-order valence-corrected chi connectivity index (χ3v) is 18.2. The van der Waals surface area contributed by atoms with Crippen LogP contribution in [0.1, 0.15) is 106 Å². The van der Waals surface area contributed by atoms with Crippen molar-refractivity contribution in [3.8, 4) is 0 Å². The van der Waals surface area contributed by atoms with Crippen molar-refractivity contribution in [1.82, 2.24) is 0 Å². The topological polar surface area (TPSA) is 255 Å². The molecule has 16 nitrogen and oxygen atoms in total. The van der Waals surface area contributed by atoms with Gasteiger partial charge in [0, 0.05) is 0 Å². The van der Waals surface area contributed by atoms with Gasteiger partial charge in [-0.2, -0.15) is 0 Å². The first kappa shape index (κ1) is 46.2. The Morgan fingerprint density at radius 3 is 1.80 bits per heavy atom. The molecule has 4 saturated carbocycles. The lowest BCUT2D eigenvalue weighted by atomic mass is 9.33. The molecule has 9 N–H and O–H groups in total. The molecule has 8 rings (SSSR count). The largest absolute Gasteiger partial charge is 0.481 e. The minimum atomic E-state index is -1.71. The van der Waals surface area contributed by atoms with Crippen LogP contribution < -0.4 is 0 Å². The fourth-order valence-electron chi connectivity index (χ4n) is 14.4. The van der Waals surface area contributed by atoms with Crippen LogP contribution in [-0.4, -0.2) is 158 Å². The van der Waals surface area contributed by atoms with E-state index in [1.54, 1.807) is 0 Å². The molecule has 2 unspecified atom stereocenters. The number of carbonyl (C=O) groups is 1. The van der Waals surface area contributed by atoms with Gasteiger partial charge in [-0.15, -0.1) is 0 Å². The minimum Gasteiger partial charge on any atom is -0.481 e. The maximum absolute atomic E-state index is 13.2. The monoisotopic (exact) mass is 868 g/mol. The van der Waals surface area contributed by atoms with E-state index in [0.717, 1.165) is 38.5 Å². The number of aliphatic carboxylic acids is 1. The predicted octanol–water partition coefficient (Wildman–Crippen LogP) is 1.59. The molecule has 61 heavy (non-hydrogen) atoms. The van der Waals surface area contributed by atoms with Crippen molar-refractivity contribution in [2.75, 3.05) is 19.8 Å². The Balaban J connectivity index is 1.02. The number of aliphatic hydroxyl groups excluding tert-OH is 8. The molecule has 0 amide bonds. The van der Waals surface area contributed by atoms with E-state index in [4.69, 9.17) is 28.4 Å². The molecule has 7 fully saturated rings. The molecule has 8 aliphatic rings. The molecule has 0 aromatic rings. The molecule has 3 aliphatic heterocycles. The summed E-state index contributed by atoms with van der Waals surface area (Å²) in [5, 5.41) is 97.2. The van der Waals surface area contributed by atoms with E-state index in [1.807, 2.05) is 0 Å². The number of rotatable bonds is 7. The van der Waals surface area contributed by atoms with Crippen molar-refractivity contribution in [3.05, 3.63) is 11.6 Å². The van der Waals surface area contributed by atoms with Crippen LogP contribution in [0, 0.1) is 50.2 Å². The first-order chi connectivity index (χ1) is 28.4. The fraction of sp³-hybridized carbons (Fsp3) is 0.933. The summed E-state index contributed by atoms with van der Waals surface area (Å²) in [6, 6.07) is 0. The first-order valence-corrected chi connectivity index (χ1v) is 22.6. The van der Waals surface area contributed by atoms with Crippen molar-refractivity contribution in [2.45, 2.75) is 192 Å². The van der Waals surface area contributed by atoms with E-state index in [-0.39, 0.29) is 65.3 Å². The van der Waals surface area contributed by atoms with Gasteiger partial charge in [-0.1, -0.05) is 60.1 Å². The zero-order valence-corrected chi connectivity index (χ0v) is 36.8. The van der Waals surface area contributed by atoms with E-state index in [0.29, 0.717) is 19.3 Å². The number of carboxylic acids is 1. The Labute approximate surface area is 358 Å². The van der Waals surface area contributed by atoms with Crippen molar-refractivity contribution in [3.63, 3.8) is 0 Å². The number of fused-ring (bicyclic) bond motifs is 7. The minimum absolute atomic E-state index is 0.0294. The van der Waals surface area contributed by atoms with Crippen LogP contribution in [0.25, 0.3) is 0 Å². The normalized spacial score (nSPS) is 54.3. The Hall–Kier alpha value is -1.35. The van der Waals surface area contributed by atoms with Crippen LogP contribution in [0.15, 0.2) is 11.6 Å². The van der Waals surface area contributed by atoms with Gasteiger partial charge in [0.1, 0.15) is 60.4 Å². The zero-order chi connectivity index (χ0) is 44.4. The summed E-state index contributed by atoms with van der Waals surface area (Å²) in [5.74, 6) is -0.656. The molecule has 0 radical (unpaired) electrons. The van der Waals surface area contributed by atoms with Crippen molar-refractivity contribution < 1.29 is 79.2 Å². The molecule has 21 atom stereocenters. The van der Waals surface area contributed by atoms with Gasteiger partial charge in [-0.25, -0.2) is 0 Å². The van der Waals surface area contributed by atoms with Gasteiger partial charge in [-0.05, 0) is 103 Å². The second-order valence-corrected chi connectivity index (χ2v) is 22.2. The highest BCUT2D eigenvalue weighted by atomic mass is 16.8. The Kier molecular flexibility index (Phi) is 12.1. The highest BCUT2D eigenvalue weighted by Gasteiger charge is 2.71. The molecular weight excluding hydrogens is 796 g/mol. The summed E-state index contributed by atoms with van der Waals surface area (Å²) in [4.78, 5) is 13.2. The van der Waals surface area contributed by atoms with Crippen molar-refractivity contribution in [1.29, 1.82) is 0 Å². The average Bonchev–Trinajstić information content (AvgIpc) is 3.18. The summed E-state index contributed by atoms with van der Waals surface area (Å²) < 4.78 is 36.1. The van der Waals surface area contributed by atoms with Crippen molar-refractivity contribution >= 4 is 5.97 Å². The van der Waals surface area contributed by atoms with E-state index < -0.39 is 96.7 Å². The first-order valence-electron chi connectivity index (χ1n) is 22.6. The lowest BCUT2D eigenvalue weighted by Crippen LogP contribution is -2.68. The van der Waals surface area contributed by atoms with Gasteiger partial charge in [0.05, 0.1) is 32.0 Å². The predicted molar refractivity (Wildman–Crippen MR) is 214 cm³/mol. The third-order valence-electron chi connectivity index (χ3n) is 18.2. The number of hydrogen-bond acceptors (Lipinski definition) is 15. The Morgan fingerprint density at radius 1 is 0.639 bits per heavy atom. The SMILES string of the molecule is CC1(C)CC[C@]2(C(=O)O)[C@H](O)C[C@]3(C)C(=CCC4[C@@]5(C)CC[C@H](O[C@@H]6OC[C@H](O)[C@H](O)[C@H]6O[C@@H]6OC[C@H](O)[C@H](O)[C@H]6O[C@@H]6OC[C@H](O)[C@H](O)[C@H]6O)C(C)(C)C5CC[C@]43C)[C@@H]2C1. The maximum Gasteiger partial charge on any atom is 0.312 e. The van der Waals surface area contributed by atoms with E-state index in [1.165, 1.54) is 5.57 Å². The van der Waals surface area contributed by atoms with Crippen LogP contribution in [0.3, 0.4) is 0 Å². The second-order valence-electron chi connectivity index (χ2n) is 22.2. The molecule has 348 valence electrons. The summed E-state index contributed by atoms with van der Waals surface area (Å²) >= 11 is 0. The van der Waals surface area contributed by atoms with Gasteiger partial charge in [0.25, 0.3) is 0 Å². The molecule has 16 heteroatoms. The lowest BCUT2D eigenvalue weighted by molar-refractivity contribution is -0.378. The van der Waals surface area contributed by atoms with E-state index in [9.17, 15) is 50.8 Å². The fourth-order valence-corrected chi connectivity index (χ4v) is 14.4. The molecule has 0 spiro atoms. The molecule has 0 bridgehead atoms. The van der Waals surface area contributed by atoms with Crippen LogP contribution in [0.2, 0.25) is 0 Å². The molecule has 3 saturated heterocycles. The smallest absolute Gasteiger partial charge is 0.312 e. The number of carboxylic acid groups (broad SMARTS) is 1. The van der Waals surface area contributed by atoms with Gasteiger partial charge >= 0.3 is 5.97 Å². The van der Waals surface area contributed by atoms with E-state index in [2.05, 4.69) is 54.5 Å². The van der Waals surface area contributed by atoms with Crippen LogP contribution in [-0.2, 0) is 33.2 Å². The molecule has 5 aliphatic carbocycles. The lowest BCUT2D eigenvalue weighted by Gasteiger charge is -2.71. The number of aliphatic hydroxyl groups is 8. The Morgan fingerprint density at radius 2 is 1.20 bits per heavy atom. The number of ether oxygens (including phenoxy) is 6. The summed E-state index contributed by atoms with van der Waals surface area (Å²) in [5.41, 5.74) is -1.10. The summed E-state index contributed by atoms with van der Waals surface area (Å²) in [6.45, 7) is 15.0. The van der Waals surface area contributed by atoms with E-state index >= 15 is 0 Å². The highest BCUT2D eigenvalue weighted by molar-refractivity contribution is 5.77. The molecule has 0 aromatic carbocycles. The molecule has 3 heterocycles. The summed E-state index contributed by atoms with van der Waals surface area (Å²) in [7, 11) is 0. The third kappa shape index (κ3) is 7.11. The van der Waals surface area contributed by atoms with Crippen LogP contribution >= 0.6 is 0 Å². The van der Waals surface area contributed by atoms with Gasteiger partial charge in [0.15, 0.2) is 18.9 Å². The quantitative estimate of drug-likeness (QED) is 0.130. The highest BCUT2D eigenvalue weighted by Crippen LogP contribution is 2.76. The number of hydrogen-bond donors (Lipinski definition) is 9. The maximum atomic E-state index is 13.2.